The summed E-state index contributed by atoms with van der Waals surface area (Å²) < 4.78 is 0.675. The van der Waals surface area contributed by atoms with Crippen LogP contribution in [-0.4, -0.2) is 34.0 Å². The number of carboxylic acids is 1. The molecule has 0 bridgehead atoms. The first-order valence-electron chi connectivity index (χ1n) is 6.26. The Hall–Kier alpha value is -1.47. The number of halogens is 1. The summed E-state index contributed by atoms with van der Waals surface area (Å²) in [7, 11) is 0. The Kier molecular flexibility index (Phi) is 4.39. The van der Waals surface area contributed by atoms with Gasteiger partial charge in [-0.1, -0.05) is 22.9 Å². The second-order valence-electron chi connectivity index (χ2n) is 5.11. The molecule has 7 heteroatoms. The van der Waals surface area contributed by atoms with Crippen molar-refractivity contribution in [3.63, 3.8) is 0 Å². The van der Waals surface area contributed by atoms with E-state index in [0.717, 1.165) is 0 Å². The van der Waals surface area contributed by atoms with Gasteiger partial charge in [0.15, 0.2) is 0 Å². The van der Waals surface area contributed by atoms with E-state index in [0.29, 0.717) is 29.7 Å². The second-order valence-corrected chi connectivity index (χ2v) is 6.03. The van der Waals surface area contributed by atoms with E-state index in [1.807, 2.05) is 4.90 Å². The van der Waals surface area contributed by atoms with Crippen LogP contribution in [0, 0.1) is 22.0 Å². The third kappa shape index (κ3) is 3.16. The topological polar surface area (TPSA) is 83.7 Å². The number of nitro benzene ring substituents is 1. The van der Waals surface area contributed by atoms with Crippen LogP contribution >= 0.6 is 15.9 Å². The van der Waals surface area contributed by atoms with Crippen molar-refractivity contribution in [1.82, 2.24) is 4.90 Å². The molecular formula is C13H15BrN2O4. The lowest BCUT2D eigenvalue weighted by atomic mass is 9.87. The zero-order valence-corrected chi connectivity index (χ0v) is 12.5. The van der Waals surface area contributed by atoms with Crippen molar-refractivity contribution in [2.45, 2.75) is 13.5 Å². The summed E-state index contributed by atoms with van der Waals surface area (Å²) in [5.74, 6) is -1.03. The summed E-state index contributed by atoms with van der Waals surface area (Å²) in [6.07, 6.45) is 0. The molecule has 1 unspecified atom stereocenters. The van der Waals surface area contributed by atoms with Gasteiger partial charge in [0.2, 0.25) is 0 Å². The molecule has 0 saturated carbocycles. The number of nitro groups is 1. The number of rotatable bonds is 5. The van der Waals surface area contributed by atoms with Crippen LogP contribution in [0.1, 0.15) is 12.5 Å². The van der Waals surface area contributed by atoms with Gasteiger partial charge in [-0.3, -0.25) is 19.8 Å². The van der Waals surface area contributed by atoms with Gasteiger partial charge in [-0.15, -0.1) is 0 Å². The summed E-state index contributed by atoms with van der Waals surface area (Å²) in [6, 6.07) is 5.00. The average molecular weight is 343 g/mol. The largest absolute Gasteiger partial charge is 0.481 e. The molecule has 1 N–H and O–H groups in total. The molecule has 1 aromatic carbocycles. The van der Waals surface area contributed by atoms with E-state index >= 15 is 0 Å². The number of benzene rings is 1. The van der Waals surface area contributed by atoms with Crippen LogP contribution in [0.15, 0.2) is 22.7 Å². The summed E-state index contributed by atoms with van der Waals surface area (Å²) in [4.78, 5) is 23.5. The summed E-state index contributed by atoms with van der Waals surface area (Å²) in [6.45, 7) is 3.51. The van der Waals surface area contributed by atoms with Gasteiger partial charge in [0.05, 0.1) is 10.8 Å². The molecule has 0 amide bonds. The average Bonchev–Trinajstić information content (AvgIpc) is 2.33. The van der Waals surface area contributed by atoms with Gasteiger partial charge in [0, 0.05) is 35.7 Å². The van der Waals surface area contributed by atoms with Crippen molar-refractivity contribution < 1.29 is 14.8 Å². The lowest BCUT2D eigenvalue weighted by Gasteiger charge is -2.41. The number of likely N-dealkylation sites (tertiary alicyclic amines) is 1. The summed E-state index contributed by atoms with van der Waals surface area (Å²) in [5.41, 5.74) is 0.744. The van der Waals surface area contributed by atoms with E-state index in [-0.39, 0.29) is 17.5 Å². The van der Waals surface area contributed by atoms with Crippen molar-refractivity contribution in [2.24, 2.45) is 11.8 Å². The standard InChI is InChI=1S/C13H15BrN2O4/c1-8(13(17)18)10-6-15(7-10)5-9-2-3-11(14)4-12(9)16(19)20/h2-4,8,10H,5-7H2,1H3,(H,17,18). The van der Waals surface area contributed by atoms with Gasteiger partial charge in [-0.2, -0.15) is 0 Å². The van der Waals surface area contributed by atoms with Crippen LogP contribution in [0.4, 0.5) is 5.69 Å². The minimum Gasteiger partial charge on any atom is -0.481 e. The molecule has 1 fully saturated rings. The third-order valence-electron chi connectivity index (χ3n) is 3.72. The van der Waals surface area contributed by atoms with Crippen molar-refractivity contribution in [3.8, 4) is 0 Å². The zero-order chi connectivity index (χ0) is 14.9. The van der Waals surface area contributed by atoms with E-state index in [1.54, 1.807) is 19.1 Å². The minimum atomic E-state index is -0.788. The molecule has 1 saturated heterocycles. The normalized spacial score (nSPS) is 17.5. The predicted octanol–water partition coefficient (Wildman–Crippen LogP) is 2.51. The molecule has 108 valence electrons. The number of nitrogens with zero attached hydrogens (tertiary/aromatic N) is 2. The Balaban J connectivity index is 2.00. The van der Waals surface area contributed by atoms with Gasteiger partial charge in [-0.05, 0) is 18.1 Å². The van der Waals surface area contributed by atoms with E-state index in [2.05, 4.69) is 15.9 Å². The maximum atomic E-state index is 11.0. The maximum absolute atomic E-state index is 11.0. The number of hydrogen-bond donors (Lipinski definition) is 1. The molecule has 1 atom stereocenters. The van der Waals surface area contributed by atoms with E-state index in [1.165, 1.54) is 6.07 Å². The fourth-order valence-corrected chi connectivity index (χ4v) is 2.69. The molecular weight excluding hydrogens is 328 g/mol. The molecule has 1 aliphatic rings. The number of hydrogen-bond acceptors (Lipinski definition) is 4. The van der Waals surface area contributed by atoms with Crippen LogP contribution in [-0.2, 0) is 11.3 Å². The molecule has 6 nitrogen and oxygen atoms in total. The molecule has 0 radical (unpaired) electrons. The van der Waals surface area contributed by atoms with Crippen molar-refractivity contribution in [3.05, 3.63) is 38.3 Å². The first-order chi connectivity index (χ1) is 9.38. The SMILES string of the molecule is CC(C(=O)O)C1CN(Cc2ccc(Br)cc2[N+](=O)[O-])C1. The summed E-state index contributed by atoms with van der Waals surface area (Å²) in [5, 5.41) is 19.9. The van der Waals surface area contributed by atoms with Crippen molar-refractivity contribution >= 4 is 27.6 Å². The highest BCUT2D eigenvalue weighted by molar-refractivity contribution is 9.10. The van der Waals surface area contributed by atoms with Gasteiger partial charge in [0.25, 0.3) is 5.69 Å². The first-order valence-corrected chi connectivity index (χ1v) is 7.05. The Morgan fingerprint density at radius 1 is 1.60 bits per heavy atom. The second kappa shape index (κ2) is 5.88. The quantitative estimate of drug-likeness (QED) is 0.656. The monoisotopic (exact) mass is 342 g/mol. The van der Waals surface area contributed by atoms with Gasteiger partial charge < -0.3 is 5.11 Å². The smallest absolute Gasteiger partial charge is 0.306 e. The predicted molar refractivity (Wildman–Crippen MR) is 76.4 cm³/mol. The van der Waals surface area contributed by atoms with Crippen LogP contribution in [0.25, 0.3) is 0 Å². The van der Waals surface area contributed by atoms with E-state index < -0.39 is 10.9 Å². The molecule has 1 aliphatic heterocycles. The van der Waals surface area contributed by atoms with Crippen LogP contribution in [0.5, 0.6) is 0 Å². The lowest BCUT2D eigenvalue weighted by molar-refractivity contribution is -0.385. The molecule has 0 aromatic heterocycles. The Morgan fingerprint density at radius 3 is 2.80 bits per heavy atom. The van der Waals surface area contributed by atoms with Crippen LogP contribution in [0.3, 0.4) is 0 Å². The van der Waals surface area contributed by atoms with Crippen molar-refractivity contribution in [1.29, 1.82) is 0 Å². The van der Waals surface area contributed by atoms with Gasteiger partial charge in [-0.25, -0.2) is 0 Å². The highest BCUT2D eigenvalue weighted by Crippen LogP contribution is 2.29. The Bertz CT molecular complexity index is 543. The van der Waals surface area contributed by atoms with Crippen LogP contribution in [0.2, 0.25) is 0 Å². The maximum Gasteiger partial charge on any atom is 0.306 e. The molecule has 2 rings (SSSR count). The Morgan fingerprint density at radius 2 is 2.25 bits per heavy atom. The highest BCUT2D eigenvalue weighted by Gasteiger charge is 2.35. The minimum absolute atomic E-state index is 0.0918. The molecule has 20 heavy (non-hydrogen) atoms. The third-order valence-corrected chi connectivity index (χ3v) is 4.21. The Labute approximate surface area is 124 Å². The number of aliphatic carboxylic acids is 1. The van der Waals surface area contributed by atoms with E-state index in [4.69, 9.17) is 5.11 Å². The number of carboxylic acid groups (broad SMARTS) is 1. The molecule has 1 heterocycles. The molecule has 0 spiro atoms. The van der Waals surface area contributed by atoms with Crippen LogP contribution < -0.4 is 0 Å². The number of carbonyl (C=O) groups is 1. The van der Waals surface area contributed by atoms with Gasteiger partial charge >= 0.3 is 5.97 Å². The fourth-order valence-electron chi connectivity index (χ4n) is 2.34. The highest BCUT2D eigenvalue weighted by atomic mass is 79.9. The lowest BCUT2D eigenvalue weighted by Crippen LogP contribution is -2.50. The fraction of sp³-hybridized carbons (Fsp3) is 0.462. The van der Waals surface area contributed by atoms with Gasteiger partial charge in [0.1, 0.15) is 0 Å². The molecule has 0 aliphatic carbocycles. The zero-order valence-electron chi connectivity index (χ0n) is 11.0. The summed E-state index contributed by atoms with van der Waals surface area (Å²) >= 11 is 3.22. The first kappa shape index (κ1) is 14.9. The molecule has 1 aromatic rings. The van der Waals surface area contributed by atoms with Crippen molar-refractivity contribution in [2.75, 3.05) is 13.1 Å². The van der Waals surface area contributed by atoms with E-state index in [9.17, 15) is 14.9 Å².